The summed E-state index contributed by atoms with van der Waals surface area (Å²) in [5.74, 6) is -0.796. The third-order valence-corrected chi connectivity index (χ3v) is 2.94. The Morgan fingerprint density at radius 3 is 2.70 bits per heavy atom. The van der Waals surface area contributed by atoms with Gasteiger partial charge in [0.2, 0.25) is 11.8 Å². The number of benzene rings is 1. The van der Waals surface area contributed by atoms with Gasteiger partial charge in [-0.25, -0.2) is 0 Å². The van der Waals surface area contributed by atoms with Gasteiger partial charge in [0.15, 0.2) is 0 Å². The zero-order valence-electron chi connectivity index (χ0n) is 11.0. The highest BCUT2D eigenvalue weighted by Gasteiger charge is 2.11. The molecule has 0 aliphatic rings. The molecule has 0 unspecified atom stereocenters. The molecule has 110 valence electrons. The van der Waals surface area contributed by atoms with E-state index in [2.05, 4.69) is 10.6 Å². The normalized spacial score (nSPS) is 10.2. The second-order valence-corrected chi connectivity index (χ2v) is 4.89. The molecule has 0 heterocycles. The van der Waals surface area contributed by atoms with Crippen molar-refractivity contribution in [2.45, 2.75) is 12.8 Å². The Balaban J connectivity index is 2.39. The van der Waals surface area contributed by atoms with Gasteiger partial charge >= 0.3 is 0 Å². The maximum atomic E-state index is 11.7. The Bertz CT molecular complexity index is 481. The first-order valence-corrected chi connectivity index (χ1v) is 6.79. The van der Waals surface area contributed by atoms with Crippen LogP contribution in [0.3, 0.4) is 0 Å². The summed E-state index contributed by atoms with van der Waals surface area (Å²) in [7, 11) is 1.59. The fourth-order valence-corrected chi connectivity index (χ4v) is 1.78. The number of hydrogen-bond acceptors (Lipinski definition) is 3. The van der Waals surface area contributed by atoms with Gasteiger partial charge in [-0.2, -0.15) is 0 Å². The van der Waals surface area contributed by atoms with Crippen LogP contribution < -0.4 is 10.6 Å². The lowest BCUT2D eigenvalue weighted by molar-refractivity contribution is -0.126. The van der Waals surface area contributed by atoms with Gasteiger partial charge in [0.05, 0.1) is 10.7 Å². The first-order chi connectivity index (χ1) is 9.52. The predicted octanol–water partition coefficient (Wildman–Crippen LogP) is 2.47. The van der Waals surface area contributed by atoms with E-state index in [-0.39, 0.29) is 12.3 Å². The molecule has 0 saturated carbocycles. The van der Waals surface area contributed by atoms with Gasteiger partial charge in [0.25, 0.3) is 0 Å². The van der Waals surface area contributed by atoms with Crippen LogP contribution in [-0.4, -0.2) is 32.1 Å². The lowest BCUT2D eigenvalue weighted by atomic mass is 10.3. The minimum Gasteiger partial charge on any atom is -0.385 e. The fraction of sp³-hybridized carbons (Fsp3) is 0.385. The molecule has 0 aliphatic carbocycles. The minimum atomic E-state index is -0.446. The van der Waals surface area contributed by atoms with E-state index >= 15 is 0 Å². The maximum absolute atomic E-state index is 11.7. The number of hydrogen-bond donors (Lipinski definition) is 2. The van der Waals surface area contributed by atoms with Crippen molar-refractivity contribution in [3.63, 3.8) is 0 Å². The van der Waals surface area contributed by atoms with Gasteiger partial charge < -0.3 is 15.4 Å². The van der Waals surface area contributed by atoms with Crippen molar-refractivity contribution >= 4 is 40.7 Å². The van der Waals surface area contributed by atoms with E-state index < -0.39 is 5.91 Å². The zero-order chi connectivity index (χ0) is 15.0. The minimum absolute atomic E-state index is 0.268. The number of methoxy groups -OCH3 is 1. The zero-order valence-corrected chi connectivity index (χ0v) is 12.6. The first kappa shape index (κ1) is 16.8. The maximum Gasteiger partial charge on any atom is 0.233 e. The number of rotatable bonds is 7. The Morgan fingerprint density at radius 1 is 1.25 bits per heavy atom. The van der Waals surface area contributed by atoms with Crippen molar-refractivity contribution in [2.75, 3.05) is 25.6 Å². The number of anilines is 1. The molecule has 5 nitrogen and oxygen atoms in total. The predicted molar refractivity (Wildman–Crippen MR) is 79.2 cm³/mol. The van der Waals surface area contributed by atoms with E-state index in [1.807, 2.05) is 0 Å². The molecular formula is C13H16Cl2N2O3. The number of nitrogens with one attached hydrogen (secondary N) is 2. The molecular weight excluding hydrogens is 303 g/mol. The molecule has 1 aromatic rings. The summed E-state index contributed by atoms with van der Waals surface area (Å²) in [5.41, 5.74) is 0.386. The van der Waals surface area contributed by atoms with Gasteiger partial charge in [-0.3, -0.25) is 9.59 Å². The second-order valence-electron chi connectivity index (χ2n) is 4.05. The summed E-state index contributed by atoms with van der Waals surface area (Å²) in [5, 5.41) is 5.98. The number of amides is 2. The topological polar surface area (TPSA) is 67.4 Å². The number of ether oxygens (including phenoxy) is 1. The molecule has 0 fully saturated rings. The van der Waals surface area contributed by atoms with Gasteiger partial charge in [-0.1, -0.05) is 23.2 Å². The third-order valence-electron chi connectivity index (χ3n) is 2.37. The summed E-state index contributed by atoms with van der Waals surface area (Å²) in [6.07, 6.45) is 0.430. The highest BCUT2D eigenvalue weighted by molar-refractivity contribution is 6.35. The van der Waals surface area contributed by atoms with Crippen molar-refractivity contribution in [1.29, 1.82) is 0 Å². The quantitative estimate of drug-likeness (QED) is 0.599. The molecule has 0 aromatic heterocycles. The SMILES string of the molecule is COCCCNC(=O)CC(=O)Nc1cc(Cl)ccc1Cl. The van der Waals surface area contributed by atoms with Crippen molar-refractivity contribution in [2.24, 2.45) is 0 Å². The fourth-order valence-electron chi connectivity index (χ4n) is 1.44. The molecule has 0 radical (unpaired) electrons. The van der Waals surface area contributed by atoms with Crippen molar-refractivity contribution in [1.82, 2.24) is 5.32 Å². The number of carbonyl (C=O) groups is 2. The Hall–Kier alpha value is -1.30. The molecule has 2 amide bonds. The van der Waals surface area contributed by atoms with Crippen LogP contribution in [0.5, 0.6) is 0 Å². The summed E-state index contributed by atoms with van der Waals surface area (Å²) < 4.78 is 4.85. The molecule has 2 N–H and O–H groups in total. The third kappa shape index (κ3) is 6.23. The van der Waals surface area contributed by atoms with Gasteiger partial charge in [-0.15, -0.1) is 0 Å². The average molecular weight is 319 g/mol. The largest absolute Gasteiger partial charge is 0.385 e. The Kier molecular flexibility index (Phi) is 7.36. The summed E-state index contributed by atoms with van der Waals surface area (Å²) in [6.45, 7) is 1.03. The Morgan fingerprint density at radius 2 is 2.00 bits per heavy atom. The van der Waals surface area contributed by atoms with E-state index in [9.17, 15) is 9.59 Å². The van der Waals surface area contributed by atoms with Crippen molar-refractivity contribution in [3.8, 4) is 0 Å². The van der Waals surface area contributed by atoms with Crippen molar-refractivity contribution in [3.05, 3.63) is 28.2 Å². The van der Waals surface area contributed by atoms with Crippen LogP contribution in [-0.2, 0) is 14.3 Å². The average Bonchev–Trinajstić information content (AvgIpc) is 2.39. The monoisotopic (exact) mass is 318 g/mol. The van der Waals surface area contributed by atoms with Crippen LogP contribution in [0.4, 0.5) is 5.69 Å². The lowest BCUT2D eigenvalue weighted by Crippen LogP contribution is -2.29. The highest BCUT2D eigenvalue weighted by Crippen LogP contribution is 2.25. The molecule has 1 aromatic carbocycles. The molecule has 1 rings (SSSR count). The van der Waals surface area contributed by atoms with Gasteiger partial charge in [0, 0.05) is 25.3 Å². The first-order valence-electron chi connectivity index (χ1n) is 6.03. The Labute approximate surface area is 127 Å². The van der Waals surface area contributed by atoms with Crippen LogP contribution in [0.2, 0.25) is 10.0 Å². The van der Waals surface area contributed by atoms with Crippen LogP contribution in [0.1, 0.15) is 12.8 Å². The van der Waals surface area contributed by atoms with Crippen LogP contribution >= 0.6 is 23.2 Å². The van der Waals surface area contributed by atoms with E-state index in [1.165, 1.54) is 6.07 Å². The van der Waals surface area contributed by atoms with Crippen LogP contribution in [0.15, 0.2) is 18.2 Å². The molecule has 0 bridgehead atoms. The number of carbonyl (C=O) groups excluding carboxylic acids is 2. The standard InChI is InChI=1S/C13H16Cl2N2O3/c1-20-6-2-5-16-12(18)8-13(19)17-11-7-9(14)3-4-10(11)15/h3-4,7H,2,5-6,8H2,1H3,(H,16,18)(H,17,19). The second kappa shape index (κ2) is 8.79. The molecule has 0 saturated heterocycles. The molecule has 7 heteroatoms. The van der Waals surface area contributed by atoms with E-state index in [4.69, 9.17) is 27.9 Å². The summed E-state index contributed by atoms with van der Waals surface area (Å²) >= 11 is 11.7. The van der Waals surface area contributed by atoms with E-state index in [0.717, 1.165) is 0 Å². The van der Waals surface area contributed by atoms with Crippen LogP contribution in [0, 0.1) is 0 Å². The van der Waals surface area contributed by atoms with Gasteiger partial charge in [0.1, 0.15) is 6.42 Å². The highest BCUT2D eigenvalue weighted by atomic mass is 35.5. The molecule has 0 aliphatic heterocycles. The van der Waals surface area contributed by atoms with Gasteiger partial charge in [-0.05, 0) is 24.6 Å². The molecule has 20 heavy (non-hydrogen) atoms. The molecule has 0 atom stereocenters. The summed E-state index contributed by atoms with van der Waals surface area (Å²) in [4.78, 5) is 23.2. The van der Waals surface area contributed by atoms with Crippen LogP contribution in [0.25, 0.3) is 0 Å². The smallest absolute Gasteiger partial charge is 0.233 e. The van der Waals surface area contributed by atoms with Crippen molar-refractivity contribution < 1.29 is 14.3 Å². The lowest BCUT2D eigenvalue weighted by Gasteiger charge is -2.08. The van der Waals surface area contributed by atoms with E-state index in [1.54, 1.807) is 19.2 Å². The number of halogens is 2. The molecule has 0 spiro atoms. The van der Waals surface area contributed by atoms with E-state index in [0.29, 0.717) is 35.3 Å². The summed E-state index contributed by atoms with van der Waals surface area (Å²) in [6, 6.07) is 4.71.